The van der Waals surface area contributed by atoms with E-state index in [2.05, 4.69) is 53.7 Å². The summed E-state index contributed by atoms with van der Waals surface area (Å²) >= 11 is 0. The lowest BCUT2D eigenvalue weighted by Gasteiger charge is -2.14. The zero-order valence-electron chi connectivity index (χ0n) is 16.1. The monoisotopic (exact) mass is 362 g/mol. The Kier molecular flexibility index (Phi) is 6.01. The predicted octanol–water partition coefficient (Wildman–Crippen LogP) is 4.02. The molecule has 3 aromatic rings. The zero-order valence-corrected chi connectivity index (χ0v) is 16.1. The van der Waals surface area contributed by atoms with Crippen LogP contribution in [-0.2, 0) is 13.0 Å². The zero-order chi connectivity index (χ0) is 19.2. The molecule has 1 heterocycles. The van der Waals surface area contributed by atoms with E-state index in [-0.39, 0.29) is 11.9 Å². The van der Waals surface area contributed by atoms with Crippen molar-refractivity contribution in [2.45, 2.75) is 39.8 Å². The molecule has 0 aliphatic carbocycles. The van der Waals surface area contributed by atoms with Crippen molar-refractivity contribution in [2.24, 2.45) is 5.92 Å². The molecule has 0 aliphatic rings. The van der Waals surface area contributed by atoms with Crippen molar-refractivity contribution in [3.63, 3.8) is 0 Å². The second kappa shape index (κ2) is 8.62. The van der Waals surface area contributed by atoms with Gasteiger partial charge in [-0.25, -0.2) is 4.68 Å². The smallest absolute Gasteiger partial charge is 0.273 e. The molecule has 5 heteroatoms. The molecule has 0 radical (unpaired) electrons. The molecule has 1 N–H and O–H groups in total. The number of hydrogen-bond acceptors (Lipinski definition) is 3. The number of benzene rings is 2. The van der Waals surface area contributed by atoms with Gasteiger partial charge in [-0.15, -0.1) is 5.10 Å². The number of rotatable bonds is 7. The third-order valence-corrected chi connectivity index (χ3v) is 4.43. The van der Waals surface area contributed by atoms with Gasteiger partial charge in [-0.3, -0.25) is 4.79 Å². The second-order valence-corrected chi connectivity index (χ2v) is 7.32. The highest BCUT2D eigenvalue weighted by Crippen LogP contribution is 2.16. The van der Waals surface area contributed by atoms with Gasteiger partial charge in [0.25, 0.3) is 5.91 Å². The lowest BCUT2D eigenvalue weighted by atomic mass is 10.00. The van der Waals surface area contributed by atoms with E-state index < -0.39 is 0 Å². The third kappa shape index (κ3) is 5.26. The molecule has 140 valence electrons. The quantitative estimate of drug-likeness (QED) is 0.691. The first-order valence-electron chi connectivity index (χ1n) is 9.35. The second-order valence-electron chi connectivity index (χ2n) is 7.32. The third-order valence-electron chi connectivity index (χ3n) is 4.43. The van der Waals surface area contributed by atoms with E-state index in [1.165, 1.54) is 5.56 Å². The summed E-state index contributed by atoms with van der Waals surface area (Å²) in [5, 5.41) is 11.1. The Morgan fingerprint density at radius 2 is 1.70 bits per heavy atom. The van der Waals surface area contributed by atoms with Crippen LogP contribution in [0.3, 0.4) is 0 Å². The molecular formula is C22H26N4O. The molecule has 3 rings (SSSR count). The number of nitrogens with zero attached hydrogens (tertiary/aromatic N) is 3. The summed E-state index contributed by atoms with van der Waals surface area (Å²) < 4.78 is 1.68. The van der Waals surface area contributed by atoms with Gasteiger partial charge in [-0.2, -0.15) is 0 Å². The Balaban J connectivity index is 1.60. The lowest BCUT2D eigenvalue weighted by molar-refractivity contribution is 0.0934. The molecule has 0 saturated carbocycles. The maximum Gasteiger partial charge on any atom is 0.273 e. The van der Waals surface area contributed by atoms with Gasteiger partial charge in [0.15, 0.2) is 5.69 Å². The van der Waals surface area contributed by atoms with Gasteiger partial charge in [0.1, 0.15) is 0 Å². The molecular weight excluding hydrogens is 336 g/mol. The molecule has 1 atom stereocenters. The van der Waals surface area contributed by atoms with E-state index in [1.54, 1.807) is 10.9 Å². The van der Waals surface area contributed by atoms with Gasteiger partial charge in [0.2, 0.25) is 0 Å². The van der Waals surface area contributed by atoms with Crippen molar-refractivity contribution in [3.8, 4) is 0 Å². The minimum Gasteiger partial charge on any atom is -0.344 e. The van der Waals surface area contributed by atoms with Crippen molar-refractivity contribution in [2.75, 3.05) is 0 Å². The maximum atomic E-state index is 12.5. The van der Waals surface area contributed by atoms with Gasteiger partial charge in [0, 0.05) is 0 Å². The highest BCUT2D eigenvalue weighted by Gasteiger charge is 2.15. The summed E-state index contributed by atoms with van der Waals surface area (Å²) in [5.74, 6) is 0.416. The summed E-state index contributed by atoms with van der Waals surface area (Å²) in [4.78, 5) is 12.5. The van der Waals surface area contributed by atoms with E-state index in [0.29, 0.717) is 18.2 Å². The van der Waals surface area contributed by atoms with Gasteiger partial charge in [-0.1, -0.05) is 73.7 Å². The van der Waals surface area contributed by atoms with E-state index in [9.17, 15) is 4.79 Å². The maximum absolute atomic E-state index is 12.5. The Hall–Kier alpha value is -2.95. The first kappa shape index (κ1) is 18.8. The Labute approximate surface area is 160 Å². The van der Waals surface area contributed by atoms with Crippen LogP contribution in [0, 0.1) is 5.92 Å². The predicted molar refractivity (Wildman–Crippen MR) is 106 cm³/mol. The molecule has 0 aliphatic heterocycles. The van der Waals surface area contributed by atoms with Crippen LogP contribution in [0.5, 0.6) is 0 Å². The van der Waals surface area contributed by atoms with Crippen LogP contribution in [0.15, 0.2) is 60.8 Å². The van der Waals surface area contributed by atoms with Crippen LogP contribution in [0.4, 0.5) is 0 Å². The van der Waals surface area contributed by atoms with Crippen molar-refractivity contribution in [3.05, 3.63) is 83.2 Å². The molecule has 1 unspecified atom stereocenters. The first-order chi connectivity index (χ1) is 13.0. The fourth-order valence-electron chi connectivity index (χ4n) is 3.02. The van der Waals surface area contributed by atoms with Gasteiger partial charge >= 0.3 is 0 Å². The molecule has 5 nitrogen and oxygen atoms in total. The number of nitrogens with one attached hydrogen (secondary N) is 1. The minimum atomic E-state index is -0.215. The van der Waals surface area contributed by atoms with E-state index in [1.807, 2.05) is 37.3 Å². The average molecular weight is 362 g/mol. The van der Waals surface area contributed by atoms with Crippen LogP contribution in [0.1, 0.15) is 54.0 Å². The molecule has 0 fully saturated rings. The molecule has 27 heavy (non-hydrogen) atoms. The Morgan fingerprint density at radius 3 is 2.37 bits per heavy atom. The summed E-state index contributed by atoms with van der Waals surface area (Å²) in [6.45, 7) is 6.99. The first-order valence-corrected chi connectivity index (χ1v) is 9.35. The van der Waals surface area contributed by atoms with E-state index >= 15 is 0 Å². The van der Waals surface area contributed by atoms with Crippen molar-refractivity contribution < 1.29 is 4.79 Å². The standard InChI is InChI=1S/C22H26N4O/c1-16(2)13-18-9-11-20(12-10-18)17(3)23-22(27)21-15-26(25-24-21)14-19-7-5-4-6-8-19/h4-12,15-17H,13-14H2,1-3H3,(H,23,27). The normalized spacial score (nSPS) is 12.1. The SMILES string of the molecule is CC(C)Cc1ccc(C(C)NC(=O)c2cn(Cc3ccccc3)nn2)cc1. The van der Waals surface area contributed by atoms with Crippen LogP contribution in [0.2, 0.25) is 0 Å². The van der Waals surface area contributed by atoms with E-state index in [0.717, 1.165) is 17.5 Å². The highest BCUT2D eigenvalue weighted by atomic mass is 16.2. The average Bonchev–Trinajstić information content (AvgIpc) is 3.11. The summed E-state index contributed by atoms with van der Waals surface area (Å²) in [6, 6.07) is 18.3. The van der Waals surface area contributed by atoms with Crippen LogP contribution in [-0.4, -0.2) is 20.9 Å². The van der Waals surface area contributed by atoms with Gasteiger partial charge in [-0.05, 0) is 36.0 Å². The number of carbonyl (C=O) groups is 1. The number of carbonyl (C=O) groups excluding carboxylic acids is 1. The molecule has 0 bridgehead atoms. The fourth-order valence-corrected chi connectivity index (χ4v) is 3.02. The molecule has 1 amide bonds. The Bertz CT molecular complexity index is 869. The summed E-state index contributed by atoms with van der Waals surface area (Å²) in [6.07, 6.45) is 2.74. The lowest BCUT2D eigenvalue weighted by Crippen LogP contribution is -2.27. The fraction of sp³-hybridized carbons (Fsp3) is 0.318. The van der Waals surface area contributed by atoms with Gasteiger partial charge < -0.3 is 5.32 Å². The van der Waals surface area contributed by atoms with Crippen molar-refractivity contribution in [1.29, 1.82) is 0 Å². The largest absolute Gasteiger partial charge is 0.344 e. The summed E-state index contributed by atoms with van der Waals surface area (Å²) in [5.41, 5.74) is 3.84. The molecule has 0 saturated heterocycles. The van der Waals surface area contributed by atoms with Gasteiger partial charge in [0.05, 0.1) is 18.8 Å². The number of amides is 1. The summed E-state index contributed by atoms with van der Waals surface area (Å²) in [7, 11) is 0. The van der Waals surface area contributed by atoms with Crippen LogP contribution >= 0.6 is 0 Å². The number of hydrogen-bond donors (Lipinski definition) is 1. The van der Waals surface area contributed by atoms with Crippen molar-refractivity contribution in [1.82, 2.24) is 20.3 Å². The highest BCUT2D eigenvalue weighted by molar-refractivity contribution is 5.92. The minimum absolute atomic E-state index is 0.0927. The topological polar surface area (TPSA) is 59.8 Å². The Morgan fingerprint density at radius 1 is 1.00 bits per heavy atom. The molecule has 2 aromatic carbocycles. The molecule has 1 aromatic heterocycles. The van der Waals surface area contributed by atoms with Crippen molar-refractivity contribution >= 4 is 5.91 Å². The van der Waals surface area contributed by atoms with Crippen LogP contribution in [0.25, 0.3) is 0 Å². The number of aromatic nitrogens is 3. The molecule has 0 spiro atoms. The van der Waals surface area contributed by atoms with Crippen LogP contribution < -0.4 is 5.32 Å². The van der Waals surface area contributed by atoms with E-state index in [4.69, 9.17) is 0 Å².